The number of halogens is 1. The maximum Gasteiger partial charge on any atom is 0.142 e. The van der Waals surface area contributed by atoms with Crippen molar-refractivity contribution in [3.8, 4) is 0 Å². The minimum atomic E-state index is -0.115. The molecule has 0 unspecified atom stereocenters. The Hall–Kier alpha value is -1.16. The fraction of sp³-hybridized carbons (Fsp3) is 0.286. The van der Waals surface area contributed by atoms with E-state index in [1.807, 2.05) is 0 Å². The van der Waals surface area contributed by atoms with Crippen LogP contribution in [0.25, 0.3) is 0 Å². The molecule has 0 aromatic carbocycles. The molecule has 0 fully saturated rings. The molecule has 0 rings (SSSR count). The van der Waals surface area contributed by atoms with Gasteiger partial charge in [-0.05, 0) is 6.92 Å². The van der Waals surface area contributed by atoms with E-state index in [1.54, 1.807) is 14.0 Å². The Morgan fingerprint density at radius 3 is 2.33 bits per heavy atom. The highest BCUT2D eigenvalue weighted by Crippen LogP contribution is 2.04. The van der Waals surface area contributed by atoms with E-state index in [1.165, 1.54) is 0 Å². The van der Waals surface area contributed by atoms with E-state index in [-0.39, 0.29) is 11.0 Å². The zero-order valence-corrected chi connectivity index (χ0v) is 7.92. The fourth-order valence-corrected chi connectivity index (χ4v) is 0.970. The third kappa shape index (κ3) is 3.30. The zero-order chi connectivity index (χ0) is 9.72. The monoisotopic (exact) mass is 188 g/mol. The first-order chi connectivity index (χ1) is 5.49. The van der Waals surface area contributed by atoms with Gasteiger partial charge in [0.1, 0.15) is 16.7 Å². The third-order valence-corrected chi connectivity index (χ3v) is 1.35. The molecular weight excluding hydrogens is 176 g/mol. The fourth-order valence-electron chi connectivity index (χ4n) is 0.612. The summed E-state index contributed by atoms with van der Waals surface area (Å²) in [5.74, 6) is -0.115. The van der Waals surface area contributed by atoms with Crippen LogP contribution in [0.1, 0.15) is 6.92 Å². The van der Waals surface area contributed by atoms with Gasteiger partial charge in [0.2, 0.25) is 0 Å². The lowest BCUT2D eigenvalue weighted by atomic mass is 10.4. The summed E-state index contributed by atoms with van der Waals surface area (Å²) in [5, 5.41) is 12.8. The van der Waals surface area contributed by atoms with Crippen LogP contribution in [0.4, 0.5) is 0 Å². The quantitative estimate of drug-likeness (QED) is 0.298. The van der Waals surface area contributed by atoms with Crippen LogP contribution in [0.15, 0.2) is 23.1 Å². The normalized spacial score (nSPS) is 11.6. The molecule has 0 aromatic heterocycles. The predicted molar refractivity (Wildman–Crippen MR) is 51.8 cm³/mol. The molecule has 4 nitrogen and oxygen atoms in total. The second-order valence-electron chi connectivity index (χ2n) is 2.26. The minimum absolute atomic E-state index is 0.115. The summed E-state index contributed by atoms with van der Waals surface area (Å²) in [5.41, 5.74) is 6.28. The second kappa shape index (κ2) is 4.66. The molecule has 0 atom stereocenters. The first kappa shape index (κ1) is 10.8. The van der Waals surface area contributed by atoms with E-state index in [9.17, 15) is 0 Å². The van der Waals surface area contributed by atoms with E-state index in [0.717, 1.165) is 0 Å². The van der Waals surface area contributed by atoms with Crippen molar-refractivity contribution in [2.24, 2.45) is 5.73 Å². The summed E-state index contributed by atoms with van der Waals surface area (Å²) in [6.07, 6.45) is 0. The van der Waals surface area contributed by atoms with Crippen LogP contribution in [0.3, 0.4) is 0 Å². The minimum Gasteiger partial charge on any atom is -0.383 e. The number of nitrogens with two attached hydrogens (primary N) is 1. The number of hydrogen-bond acceptors (Lipinski definition) is 3. The molecule has 0 heterocycles. The number of allylic oxidation sites excluding steroid dienone is 1. The summed E-state index contributed by atoms with van der Waals surface area (Å²) in [7, 11) is 1.64. The van der Waals surface area contributed by atoms with Gasteiger partial charge in [0.15, 0.2) is 0 Å². The number of likely N-dealkylation sites (N-methyl/N-ethyl adjacent to an activating group) is 1. The lowest BCUT2D eigenvalue weighted by Gasteiger charge is -2.09. The first-order valence-electron chi connectivity index (χ1n) is 3.33. The van der Waals surface area contributed by atoms with Crippen LogP contribution in [0, 0.1) is 5.41 Å². The van der Waals surface area contributed by atoms with Crippen molar-refractivity contribution in [3.63, 3.8) is 0 Å². The Morgan fingerprint density at radius 1 is 1.58 bits per heavy atom. The predicted octanol–water partition coefficient (Wildman–Crippen LogP) is 0.673. The van der Waals surface area contributed by atoms with Crippen molar-refractivity contribution in [1.29, 1.82) is 5.41 Å². The molecule has 0 radical (unpaired) electrons. The molecule has 0 aliphatic heterocycles. The lowest BCUT2D eigenvalue weighted by Crippen LogP contribution is -2.27. The Kier molecular flexibility index (Phi) is 4.21. The molecule has 0 aliphatic rings. The maximum absolute atomic E-state index is 7.13. The maximum atomic E-state index is 7.13. The Labute approximate surface area is 77.0 Å². The topological polar surface area (TPSA) is 73.9 Å². The number of rotatable bonds is 4. The molecule has 5 heteroatoms. The van der Waals surface area contributed by atoms with E-state index in [0.29, 0.717) is 11.4 Å². The van der Waals surface area contributed by atoms with Gasteiger partial charge in [0.25, 0.3) is 0 Å². The highest BCUT2D eigenvalue weighted by Gasteiger charge is 2.04. The summed E-state index contributed by atoms with van der Waals surface area (Å²) in [4.78, 5) is 0. The third-order valence-electron chi connectivity index (χ3n) is 1.06. The SMILES string of the molecule is C=C(C)NC(Cl)=C(NC)C(=N)N. The lowest BCUT2D eigenvalue weighted by molar-refractivity contribution is 0.960. The molecule has 12 heavy (non-hydrogen) atoms. The molecule has 0 aromatic rings. The van der Waals surface area contributed by atoms with Crippen LogP contribution < -0.4 is 16.4 Å². The van der Waals surface area contributed by atoms with Gasteiger partial charge in [-0.15, -0.1) is 0 Å². The molecular formula is C7H13ClN4. The second-order valence-corrected chi connectivity index (χ2v) is 2.64. The highest BCUT2D eigenvalue weighted by atomic mass is 35.5. The number of hydrogen-bond donors (Lipinski definition) is 4. The average Bonchev–Trinajstić information content (AvgIpc) is 1.85. The van der Waals surface area contributed by atoms with Crippen LogP contribution in [-0.2, 0) is 0 Å². The standard InChI is InChI=1S/C7H13ClN4/c1-4(2)12-6(8)5(11-3)7(9)10/h11-12H,1H2,2-3H3,(H3,9,10). The van der Waals surface area contributed by atoms with Gasteiger partial charge in [0.05, 0.1) is 0 Å². The van der Waals surface area contributed by atoms with Crippen molar-refractivity contribution in [2.45, 2.75) is 6.92 Å². The van der Waals surface area contributed by atoms with Crippen molar-refractivity contribution in [2.75, 3.05) is 7.05 Å². The number of nitrogens with one attached hydrogen (secondary N) is 3. The Morgan fingerprint density at radius 2 is 2.08 bits per heavy atom. The van der Waals surface area contributed by atoms with Gasteiger partial charge in [-0.3, -0.25) is 5.41 Å². The summed E-state index contributed by atoms with van der Waals surface area (Å²) >= 11 is 5.76. The summed E-state index contributed by atoms with van der Waals surface area (Å²) < 4.78 is 0. The van der Waals surface area contributed by atoms with Gasteiger partial charge in [-0.1, -0.05) is 18.2 Å². The van der Waals surface area contributed by atoms with Crippen molar-refractivity contribution in [1.82, 2.24) is 10.6 Å². The Bertz CT molecular complexity index is 232. The molecule has 0 bridgehead atoms. The van der Waals surface area contributed by atoms with Crippen molar-refractivity contribution < 1.29 is 0 Å². The average molecular weight is 189 g/mol. The molecule has 0 saturated carbocycles. The van der Waals surface area contributed by atoms with Gasteiger partial charge in [-0.25, -0.2) is 0 Å². The van der Waals surface area contributed by atoms with E-state index in [4.69, 9.17) is 22.7 Å². The largest absolute Gasteiger partial charge is 0.383 e. The Balaban J connectivity index is 4.60. The van der Waals surface area contributed by atoms with E-state index < -0.39 is 0 Å². The summed E-state index contributed by atoms with van der Waals surface area (Å²) in [6, 6.07) is 0. The van der Waals surface area contributed by atoms with Crippen LogP contribution in [0.5, 0.6) is 0 Å². The van der Waals surface area contributed by atoms with Crippen molar-refractivity contribution >= 4 is 17.4 Å². The van der Waals surface area contributed by atoms with Crippen LogP contribution >= 0.6 is 11.6 Å². The molecule has 68 valence electrons. The van der Waals surface area contributed by atoms with E-state index in [2.05, 4.69) is 17.2 Å². The van der Waals surface area contributed by atoms with Gasteiger partial charge in [0, 0.05) is 12.7 Å². The van der Waals surface area contributed by atoms with Gasteiger partial charge < -0.3 is 16.4 Å². The highest BCUT2D eigenvalue weighted by molar-refractivity contribution is 6.31. The zero-order valence-electron chi connectivity index (χ0n) is 7.16. The molecule has 0 spiro atoms. The number of amidine groups is 1. The summed E-state index contributed by atoms with van der Waals surface area (Å²) in [6.45, 7) is 5.36. The van der Waals surface area contributed by atoms with Gasteiger partial charge in [-0.2, -0.15) is 0 Å². The van der Waals surface area contributed by atoms with Crippen molar-refractivity contribution in [3.05, 3.63) is 23.1 Å². The van der Waals surface area contributed by atoms with Crippen LogP contribution in [0.2, 0.25) is 0 Å². The van der Waals surface area contributed by atoms with Gasteiger partial charge >= 0.3 is 0 Å². The first-order valence-corrected chi connectivity index (χ1v) is 3.71. The molecule has 0 amide bonds. The smallest absolute Gasteiger partial charge is 0.142 e. The molecule has 5 N–H and O–H groups in total. The van der Waals surface area contributed by atoms with E-state index >= 15 is 0 Å². The molecule has 0 saturated heterocycles. The van der Waals surface area contributed by atoms with Crippen LogP contribution in [-0.4, -0.2) is 12.9 Å². The molecule has 0 aliphatic carbocycles.